The number of imidazole rings is 1. The lowest BCUT2D eigenvalue weighted by atomic mass is 10.1. The van der Waals surface area contributed by atoms with Crippen molar-refractivity contribution in [2.45, 2.75) is 0 Å². The molecule has 5 nitrogen and oxygen atoms in total. The lowest BCUT2D eigenvalue weighted by Gasteiger charge is -2.06. The zero-order valence-corrected chi connectivity index (χ0v) is 9.92. The number of benzene rings is 1. The van der Waals surface area contributed by atoms with E-state index in [1.165, 1.54) is 28.9 Å². The van der Waals surface area contributed by atoms with Crippen LogP contribution in [0.4, 0.5) is 8.78 Å². The number of halogens is 2. The van der Waals surface area contributed by atoms with Gasteiger partial charge in [-0.3, -0.25) is 4.40 Å². The molecule has 0 bridgehead atoms. The van der Waals surface area contributed by atoms with E-state index in [4.69, 9.17) is 5.11 Å². The van der Waals surface area contributed by atoms with Crippen LogP contribution in [0.25, 0.3) is 17.0 Å². The van der Waals surface area contributed by atoms with E-state index < -0.39 is 17.6 Å². The van der Waals surface area contributed by atoms with Crippen LogP contribution in [0.1, 0.15) is 10.5 Å². The maximum absolute atomic E-state index is 13.8. The second-order valence-corrected chi connectivity index (χ2v) is 4.06. The minimum absolute atomic E-state index is 0.128. The average molecular weight is 275 g/mol. The molecule has 2 heterocycles. The Balaban J connectivity index is 2.28. The Morgan fingerprint density at radius 1 is 1.25 bits per heavy atom. The molecule has 0 saturated heterocycles. The van der Waals surface area contributed by atoms with Crippen LogP contribution in [0.15, 0.2) is 36.7 Å². The van der Waals surface area contributed by atoms with Crippen molar-refractivity contribution in [3.8, 4) is 11.3 Å². The number of carboxylic acid groups (broad SMARTS) is 1. The van der Waals surface area contributed by atoms with Crippen molar-refractivity contribution >= 4 is 11.7 Å². The van der Waals surface area contributed by atoms with Crippen LogP contribution in [0.5, 0.6) is 0 Å². The van der Waals surface area contributed by atoms with Gasteiger partial charge in [-0.15, -0.1) is 0 Å². The van der Waals surface area contributed by atoms with E-state index in [9.17, 15) is 13.6 Å². The second kappa shape index (κ2) is 4.37. The van der Waals surface area contributed by atoms with Crippen molar-refractivity contribution in [2.75, 3.05) is 0 Å². The Morgan fingerprint density at radius 3 is 2.75 bits per heavy atom. The highest BCUT2D eigenvalue weighted by molar-refractivity contribution is 5.86. The summed E-state index contributed by atoms with van der Waals surface area (Å²) >= 11 is 0. The zero-order valence-electron chi connectivity index (χ0n) is 9.92. The first-order valence-electron chi connectivity index (χ1n) is 5.59. The summed E-state index contributed by atoms with van der Waals surface area (Å²) in [7, 11) is 0. The SMILES string of the molecule is O=C(O)c1cn2c(-c3ccc(F)cc3F)ccnc2n1. The van der Waals surface area contributed by atoms with Gasteiger partial charge in [-0.25, -0.2) is 23.5 Å². The molecule has 1 aromatic carbocycles. The molecule has 2 aromatic heterocycles. The minimum atomic E-state index is -1.21. The summed E-state index contributed by atoms with van der Waals surface area (Å²) in [6, 6.07) is 4.66. The third-order valence-corrected chi connectivity index (χ3v) is 2.80. The average Bonchev–Trinajstić information content (AvgIpc) is 2.83. The normalized spacial score (nSPS) is 10.9. The monoisotopic (exact) mass is 275 g/mol. The van der Waals surface area contributed by atoms with Crippen LogP contribution in [-0.4, -0.2) is 25.4 Å². The molecule has 3 rings (SSSR count). The third kappa shape index (κ3) is 1.89. The molecule has 0 aliphatic rings. The van der Waals surface area contributed by atoms with Crippen LogP contribution in [0.2, 0.25) is 0 Å². The summed E-state index contributed by atoms with van der Waals surface area (Å²) < 4.78 is 28.1. The maximum Gasteiger partial charge on any atom is 0.356 e. The van der Waals surface area contributed by atoms with Gasteiger partial charge in [0, 0.05) is 24.0 Å². The lowest BCUT2D eigenvalue weighted by Crippen LogP contribution is -1.96. The standard InChI is InChI=1S/C13H7F2N3O2/c14-7-1-2-8(9(15)5-7)11-3-4-16-13-17-10(12(19)20)6-18(11)13/h1-6H,(H,19,20). The van der Waals surface area contributed by atoms with Gasteiger partial charge in [0.15, 0.2) is 5.69 Å². The summed E-state index contributed by atoms with van der Waals surface area (Å²) in [5.41, 5.74) is 0.271. The molecule has 7 heteroatoms. The van der Waals surface area contributed by atoms with Crippen molar-refractivity contribution in [3.05, 3.63) is 54.0 Å². The fraction of sp³-hybridized carbons (Fsp3) is 0. The summed E-state index contributed by atoms with van der Waals surface area (Å²) in [4.78, 5) is 18.6. The number of carboxylic acids is 1. The van der Waals surface area contributed by atoms with Crippen LogP contribution in [-0.2, 0) is 0 Å². The minimum Gasteiger partial charge on any atom is -0.476 e. The first-order valence-corrected chi connectivity index (χ1v) is 5.59. The van der Waals surface area contributed by atoms with Gasteiger partial charge in [0.2, 0.25) is 5.78 Å². The Hall–Kier alpha value is -2.83. The summed E-state index contributed by atoms with van der Waals surface area (Å²) in [5.74, 6) is -2.51. The Labute approximate surface area is 111 Å². The maximum atomic E-state index is 13.8. The van der Waals surface area contributed by atoms with E-state index in [1.54, 1.807) is 0 Å². The van der Waals surface area contributed by atoms with Crippen molar-refractivity contribution in [2.24, 2.45) is 0 Å². The topological polar surface area (TPSA) is 67.5 Å². The quantitative estimate of drug-likeness (QED) is 0.779. The number of nitrogens with zero attached hydrogens (tertiary/aromatic N) is 3. The molecule has 100 valence electrons. The van der Waals surface area contributed by atoms with Crippen molar-refractivity contribution in [1.82, 2.24) is 14.4 Å². The third-order valence-electron chi connectivity index (χ3n) is 2.80. The summed E-state index contributed by atoms with van der Waals surface area (Å²) in [5, 5.41) is 8.91. The van der Waals surface area contributed by atoms with Crippen LogP contribution >= 0.6 is 0 Å². The summed E-state index contributed by atoms with van der Waals surface area (Å²) in [6.07, 6.45) is 2.62. The van der Waals surface area contributed by atoms with Crippen molar-refractivity contribution < 1.29 is 18.7 Å². The van der Waals surface area contributed by atoms with E-state index in [1.807, 2.05) is 0 Å². The molecular weight excluding hydrogens is 268 g/mol. The van der Waals surface area contributed by atoms with Gasteiger partial charge in [-0.05, 0) is 18.2 Å². The molecule has 0 aliphatic carbocycles. The predicted octanol–water partition coefficient (Wildman–Crippen LogP) is 2.37. The number of rotatable bonds is 2. The van der Waals surface area contributed by atoms with Crippen LogP contribution < -0.4 is 0 Å². The molecule has 3 aromatic rings. The zero-order chi connectivity index (χ0) is 14.3. The molecule has 0 unspecified atom stereocenters. The van der Waals surface area contributed by atoms with Gasteiger partial charge in [0.25, 0.3) is 0 Å². The molecular formula is C13H7F2N3O2. The van der Waals surface area contributed by atoms with Crippen LogP contribution in [0, 0.1) is 11.6 Å². The van der Waals surface area contributed by atoms with Gasteiger partial charge in [-0.2, -0.15) is 0 Å². The number of fused-ring (bicyclic) bond motifs is 1. The summed E-state index contributed by atoms with van der Waals surface area (Å²) in [6.45, 7) is 0. The van der Waals surface area contributed by atoms with E-state index in [0.29, 0.717) is 5.69 Å². The molecule has 0 fully saturated rings. The second-order valence-electron chi connectivity index (χ2n) is 4.06. The highest BCUT2D eigenvalue weighted by Crippen LogP contribution is 2.24. The molecule has 0 aliphatic heterocycles. The molecule has 0 atom stereocenters. The molecule has 1 N–H and O–H groups in total. The number of hydrogen-bond donors (Lipinski definition) is 1. The Kier molecular flexibility index (Phi) is 2.67. The van der Waals surface area contributed by atoms with Gasteiger partial charge in [-0.1, -0.05) is 0 Å². The van der Waals surface area contributed by atoms with Crippen molar-refractivity contribution in [3.63, 3.8) is 0 Å². The van der Waals surface area contributed by atoms with E-state index in [2.05, 4.69) is 9.97 Å². The first-order chi connectivity index (χ1) is 9.56. The van der Waals surface area contributed by atoms with Gasteiger partial charge in [0.05, 0.1) is 5.69 Å². The molecule has 0 spiro atoms. The van der Waals surface area contributed by atoms with Gasteiger partial charge >= 0.3 is 5.97 Å². The van der Waals surface area contributed by atoms with Gasteiger partial charge < -0.3 is 5.11 Å². The Morgan fingerprint density at radius 2 is 2.05 bits per heavy atom. The highest BCUT2D eigenvalue weighted by Gasteiger charge is 2.14. The largest absolute Gasteiger partial charge is 0.476 e. The number of hydrogen-bond acceptors (Lipinski definition) is 3. The number of carbonyl (C=O) groups is 1. The van der Waals surface area contributed by atoms with E-state index in [0.717, 1.165) is 12.1 Å². The predicted molar refractivity (Wildman–Crippen MR) is 65.3 cm³/mol. The fourth-order valence-corrected chi connectivity index (χ4v) is 1.91. The fourth-order valence-electron chi connectivity index (χ4n) is 1.91. The molecule has 20 heavy (non-hydrogen) atoms. The van der Waals surface area contributed by atoms with E-state index in [-0.39, 0.29) is 17.0 Å². The first kappa shape index (κ1) is 12.2. The van der Waals surface area contributed by atoms with Crippen LogP contribution in [0.3, 0.4) is 0 Å². The van der Waals surface area contributed by atoms with Gasteiger partial charge in [0.1, 0.15) is 11.6 Å². The number of aromatic nitrogens is 3. The highest BCUT2D eigenvalue weighted by atomic mass is 19.1. The number of aromatic carboxylic acids is 1. The van der Waals surface area contributed by atoms with E-state index >= 15 is 0 Å². The smallest absolute Gasteiger partial charge is 0.356 e. The Bertz CT molecular complexity index is 830. The molecule has 0 saturated carbocycles. The lowest BCUT2D eigenvalue weighted by molar-refractivity contribution is 0.0691. The molecule has 0 amide bonds. The molecule has 0 radical (unpaired) electrons. The van der Waals surface area contributed by atoms with Crippen molar-refractivity contribution in [1.29, 1.82) is 0 Å².